The maximum absolute atomic E-state index is 5.20. The van der Waals surface area contributed by atoms with Gasteiger partial charge in [-0.2, -0.15) is 0 Å². The summed E-state index contributed by atoms with van der Waals surface area (Å²) < 4.78 is 4.89. The lowest BCUT2D eigenvalue weighted by Crippen LogP contribution is -2.15. The Morgan fingerprint density at radius 2 is 0.839 bits per heavy atom. The second-order valence-electron chi connectivity index (χ2n) is 16.8. The highest BCUT2D eigenvalue weighted by atomic mass is 15.0. The molecule has 0 spiro atoms. The first-order valence-corrected chi connectivity index (χ1v) is 22.0. The highest BCUT2D eigenvalue weighted by molar-refractivity contribution is 6.14. The molecule has 0 N–H and O–H groups in total. The van der Waals surface area contributed by atoms with Gasteiger partial charge in [-0.15, -0.1) is 0 Å². The van der Waals surface area contributed by atoms with Crippen molar-refractivity contribution in [1.82, 2.24) is 19.1 Å². The minimum atomic E-state index is 0.334. The van der Waals surface area contributed by atoms with E-state index < -0.39 is 0 Å². The zero-order valence-corrected chi connectivity index (χ0v) is 34.4. The Morgan fingerprint density at radius 1 is 0.355 bits per heavy atom. The van der Waals surface area contributed by atoms with Crippen molar-refractivity contribution in [3.05, 3.63) is 218 Å². The highest BCUT2D eigenvalue weighted by Crippen LogP contribution is 2.43. The molecule has 296 valence electrons. The van der Waals surface area contributed by atoms with Gasteiger partial charge in [0, 0.05) is 55.5 Å². The third kappa shape index (κ3) is 6.21. The molecule has 12 rings (SSSR count). The molecule has 3 aromatic heterocycles. The molecule has 1 aliphatic rings. The average molecular weight is 797 g/mol. The zero-order chi connectivity index (χ0) is 41.0. The number of para-hydroxylation sites is 4. The van der Waals surface area contributed by atoms with Crippen LogP contribution in [0, 0.1) is 0 Å². The number of hydrogen-bond acceptors (Lipinski definition) is 2. The van der Waals surface area contributed by atoms with Gasteiger partial charge in [-0.05, 0) is 91.3 Å². The Bertz CT molecular complexity index is 3300. The first-order valence-electron chi connectivity index (χ1n) is 22.0. The van der Waals surface area contributed by atoms with Crippen LogP contribution in [0.25, 0.3) is 88.6 Å². The largest absolute Gasteiger partial charge is 0.309 e. The van der Waals surface area contributed by atoms with Crippen LogP contribution in [-0.4, -0.2) is 19.1 Å². The molecule has 4 heteroatoms. The predicted octanol–water partition coefficient (Wildman–Crippen LogP) is 15.1. The molecule has 62 heavy (non-hydrogen) atoms. The molecule has 0 amide bonds. The van der Waals surface area contributed by atoms with E-state index in [1.54, 1.807) is 0 Å². The van der Waals surface area contributed by atoms with Crippen molar-refractivity contribution in [3.63, 3.8) is 0 Å². The zero-order valence-electron chi connectivity index (χ0n) is 34.4. The third-order valence-corrected chi connectivity index (χ3v) is 13.3. The first-order chi connectivity index (χ1) is 30.7. The monoisotopic (exact) mass is 796 g/mol. The molecule has 11 aromatic rings. The normalized spacial score (nSPS) is 15.5. The van der Waals surface area contributed by atoms with Crippen LogP contribution in [0.15, 0.2) is 206 Å². The lowest BCUT2D eigenvalue weighted by molar-refractivity contribution is 0.385. The fourth-order valence-electron chi connectivity index (χ4n) is 10.3. The first kappa shape index (κ1) is 36.3. The SMILES string of the molecule is c1ccc(-c2cc(-c3ccccc3)nc(C3CCC(c4ccc(-n5c6ccccc6c6cccc(-c7cccc(-n8c9ccccc9c9ccccc98)c7)c65)cc4)CC3)n2)cc1. The Kier molecular flexibility index (Phi) is 8.88. The molecule has 0 aliphatic heterocycles. The number of hydrogen-bond donors (Lipinski definition) is 0. The van der Waals surface area contributed by atoms with Crippen molar-refractivity contribution >= 4 is 43.6 Å². The van der Waals surface area contributed by atoms with Crippen LogP contribution in [-0.2, 0) is 0 Å². The van der Waals surface area contributed by atoms with Crippen LogP contribution >= 0.6 is 0 Å². The summed E-state index contributed by atoms with van der Waals surface area (Å²) in [4.78, 5) is 10.4. The molecule has 0 radical (unpaired) electrons. The molecule has 3 heterocycles. The van der Waals surface area contributed by atoms with E-state index in [4.69, 9.17) is 9.97 Å². The molecule has 1 fully saturated rings. The fraction of sp³-hybridized carbons (Fsp3) is 0.103. The maximum atomic E-state index is 5.20. The van der Waals surface area contributed by atoms with Gasteiger partial charge in [0.2, 0.25) is 0 Å². The Labute approximate surface area is 361 Å². The van der Waals surface area contributed by atoms with Gasteiger partial charge in [-0.25, -0.2) is 9.97 Å². The van der Waals surface area contributed by atoms with E-state index in [-0.39, 0.29) is 0 Å². The van der Waals surface area contributed by atoms with Crippen LogP contribution in [0.4, 0.5) is 0 Å². The van der Waals surface area contributed by atoms with Crippen LogP contribution in [0.2, 0.25) is 0 Å². The Balaban J connectivity index is 0.875. The van der Waals surface area contributed by atoms with Crippen molar-refractivity contribution in [2.75, 3.05) is 0 Å². The summed E-state index contributed by atoms with van der Waals surface area (Å²) in [5.41, 5.74) is 15.3. The Hall–Kier alpha value is -7.56. The van der Waals surface area contributed by atoms with Crippen molar-refractivity contribution in [2.24, 2.45) is 0 Å². The van der Waals surface area contributed by atoms with E-state index in [9.17, 15) is 0 Å². The molecule has 8 aromatic carbocycles. The van der Waals surface area contributed by atoms with Crippen LogP contribution in [0.3, 0.4) is 0 Å². The topological polar surface area (TPSA) is 35.6 Å². The summed E-state index contributed by atoms with van der Waals surface area (Å²) in [6, 6.07) is 74.8. The van der Waals surface area contributed by atoms with E-state index in [2.05, 4.69) is 215 Å². The van der Waals surface area contributed by atoms with Gasteiger partial charge in [0.05, 0.1) is 33.5 Å². The van der Waals surface area contributed by atoms with E-state index in [0.717, 1.165) is 59.7 Å². The van der Waals surface area contributed by atoms with Crippen LogP contribution < -0.4 is 0 Å². The molecular formula is C58H44N4. The van der Waals surface area contributed by atoms with Gasteiger partial charge in [0.25, 0.3) is 0 Å². The molecule has 1 aliphatic carbocycles. The number of nitrogens with zero attached hydrogens (tertiary/aromatic N) is 4. The minimum absolute atomic E-state index is 0.334. The van der Waals surface area contributed by atoms with Gasteiger partial charge in [-0.3, -0.25) is 0 Å². The lowest BCUT2D eigenvalue weighted by atomic mass is 9.78. The van der Waals surface area contributed by atoms with E-state index in [1.165, 1.54) is 66.0 Å². The van der Waals surface area contributed by atoms with Gasteiger partial charge in [0.15, 0.2) is 0 Å². The number of rotatable bonds is 7. The van der Waals surface area contributed by atoms with E-state index >= 15 is 0 Å². The van der Waals surface area contributed by atoms with Crippen molar-refractivity contribution in [1.29, 1.82) is 0 Å². The molecule has 0 atom stereocenters. The summed E-state index contributed by atoms with van der Waals surface area (Å²) in [7, 11) is 0. The summed E-state index contributed by atoms with van der Waals surface area (Å²) >= 11 is 0. The molecule has 1 saturated carbocycles. The summed E-state index contributed by atoms with van der Waals surface area (Å²) in [5, 5.41) is 5.07. The second-order valence-corrected chi connectivity index (χ2v) is 16.8. The summed E-state index contributed by atoms with van der Waals surface area (Å²) in [6.45, 7) is 0. The predicted molar refractivity (Wildman–Crippen MR) is 257 cm³/mol. The lowest BCUT2D eigenvalue weighted by Gasteiger charge is -2.28. The fourth-order valence-corrected chi connectivity index (χ4v) is 10.3. The smallest absolute Gasteiger partial charge is 0.132 e. The van der Waals surface area contributed by atoms with E-state index in [0.29, 0.717) is 11.8 Å². The van der Waals surface area contributed by atoms with Gasteiger partial charge in [0.1, 0.15) is 5.82 Å². The maximum Gasteiger partial charge on any atom is 0.132 e. The number of aromatic nitrogens is 4. The molecule has 0 bridgehead atoms. The van der Waals surface area contributed by atoms with Crippen molar-refractivity contribution in [2.45, 2.75) is 37.5 Å². The van der Waals surface area contributed by atoms with E-state index in [1.807, 2.05) is 0 Å². The second kappa shape index (κ2) is 15.2. The van der Waals surface area contributed by atoms with Crippen LogP contribution in [0.1, 0.15) is 48.9 Å². The molecule has 0 saturated heterocycles. The molecule has 0 unspecified atom stereocenters. The quantitative estimate of drug-likeness (QED) is 0.161. The molecule has 4 nitrogen and oxygen atoms in total. The van der Waals surface area contributed by atoms with Crippen molar-refractivity contribution < 1.29 is 0 Å². The van der Waals surface area contributed by atoms with Gasteiger partial charge < -0.3 is 9.13 Å². The summed E-state index contributed by atoms with van der Waals surface area (Å²) in [6.07, 6.45) is 4.38. The number of fused-ring (bicyclic) bond motifs is 6. The van der Waals surface area contributed by atoms with Crippen LogP contribution in [0.5, 0.6) is 0 Å². The summed E-state index contributed by atoms with van der Waals surface area (Å²) in [5.74, 6) is 1.81. The minimum Gasteiger partial charge on any atom is -0.309 e. The average Bonchev–Trinajstić information content (AvgIpc) is 3.88. The highest BCUT2D eigenvalue weighted by Gasteiger charge is 2.27. The Morgan fingerprint density at radius 3 is 1.45 bits per heavy atom. The number of benzene rings is 8. The van der Waals surface area contributed by atoms with Gasteiger partial charge in [-0.1, -0.05) is 158 Å². The van der Waals surface area contributed by atoms with Crippen molar-refractivity contribution in [3.8, 4) is 45.0 Å². The molecular weight excluding hydrogens is 753 g/mol. The standard InChI is InChI=1S/C58H44N4/c1-3-15-41(16-4-1)52-38-53(42-17-5-2-6-18-42)60-58(59-52)43-31-29-39(30-32-43)40-33-35-45(36-34-40)62-56-28-12-9-23-50(56)51-25-14-24-47(57(51)62)44-19-13-20-46(37-44)61-54-26-10-7-21-48(54)49-22-8-11-27-55(49)61/h1-28,33-39,43H,29-32H2. The third-order valence-electron chi connectivity index (χ3n) is 13.3. The van der Waals surface area contributed by atoms with Gasteiger partial charge >= 0.3 is 0 Å².